The van der Waals surface area contributed by atoms with Crippen LogP contribution in [-0.2, 0) is 15.1 Å². The smallest absolute Gasteiger partial charge is 0.409 e. The van der Waals surface area contributed by atoms with Crippen LogP contribution in [0.2, 0.25) is 0 Å². The zero-order chi connectivity index (χ0) is 17.0. The molecule has 24 heavy (non-hydrogen) atoms. The highest BCUT2D eigenvalue weighted by Crippen LogP contribution is 2.51. The lowest BCUT2D eigenvalue weighted by Gasteiger charge is -2.55. The minimum Gasteiger partial charge on any atom is -0.449 e. The van der Waals surface area contributed by atoms with E-state index in [2.05, 4.69) is 31.2 Å². The van der Waals surface area contributed by atoms with Crippen LogP contribution in [0.5, 0.6) is 0 Å². The summed E-state index contributed by atoms with van der Waals surface area (Å²) in [5.41, 5.74) is 0.987. The van der Waals surface area contributed by atoms with Gasteiger partial charge in [-0.1, -0.05) is 50.1 Å². The van der Waals surface area contributed by atoms with E-state index < -0.39 is 0 Å². The molecule has 1 aliphatic carbocycles. The van der Waals surface area contributed by atoms with Crippen molar-refractivity contribution in [3.8, 4) is 0 Å². The molecule has 132 valence electrons. The molecule has 1 saturated carbocycles. The Balaban J connectivity index is 1.79. The summed E-state index contributed by atoms with van der Waals surface area (Å²) in [7, 11) is 1.83. The highest BCUT2D eigenvalue weighted by atomic mass is 16.6. The predicted molar refractivity (Wildman–Crippen MR) is 93.8 cm³/mol. The molecule has 1 aromatic rings. The number of benzene rings is 1. The minimum absolute atomic E-state index is 0.155. The zero-order valence-electron chi connectivity index (χ0n) is 14.9. The summed E-state index contributed by atoms with van der Waals surface area (Å²) < 4.78 is 11.6. The van der Waals surface area contributed by atoms with E-state index in [1.807, 2.05) is 18.1 Å². The Bertz CT molecular complexity index is 531. The lowest BCUT2D eigenvalue weighted by Crippen LogP contribution is -2.60. The van der Waals surface area contributed by atoms with E-state index in [-0.39, 0.29) is 11.7 Å². The number of piperidine rings is 1. The number of carbonyl (C=O) groups excluding carboxylic acids is 1. The zero-order valence-corrected chi connectivity index (χ0v) is 14.9. The highest BCUT2D eigenvalue weighted by molar-refractivity contribution is 5.68. The topological polar surface area (TPSA) is 38.8 Å². The number of likely N-dealkylation sites (tertiary alicyclic amines) is 1. The standard InChI is InChI=1S/C20H29NO3/c1-3-4-13-24-19(22)21-14-17-11-8-12-18(15-21)20(17,23-2)16-9-6-5-7-10-16/h5-7,9-10,17-18H,3-4,8,11-15H2,1-2H3/t17-,18+,20?. The largest absolute Gasteiger partial charge is 0.449 e. The number of ether oxygens (including phenoxy) is 2. The van der Waals surface area contributed by atoms with Gasteiger partial charge in [-0.2, -0.15) is 0 Å². The van der Waals surface area contributed by atoms with Crippen molar-refractivity contribution < 1.29 is 14.3 Å². The molecule has 1 saturated heterocycles. The molecule has 2 bridgehead atoms. The van der Waals surface area contributed by atoms with Crippen molar-refractivity contribution in [3.05, 3.63) is 35.9 Å². The van der Waals surface area contributed by atoms with Gasteiger partial charge in [-0.25, -0.2) is 4.79 Å². The Hall–Kier alpha value is -1.55. The summed E-state index contributed by atoms with van der Waals surface area (Å²) >= 11 is 0. The van der Waals surface area contributed by atoms with E-state index in [1.54, 1.807) is 0 Å². The maximum atomic E-state index is 12.4. The number of amides is 1. The van der Waals surface area contributed by atoms with Gasteiger partial charge < -0.3 is 14.4 Å². The van der Waals surface area contributed by atoms with Crippen molar-refractivity contribution in [1.29, 1.82) is 0 Å². The van der Waals surface area contributed by atoms with Gasteiger partial charge in [0.1, 0.15) is 5.60 Å². The Morgan fingerprint density at radius 1 is 1.21 bits per heavy atom. The van der Waals surface area contributed by atoms with Gasteiger partial charge in [-0.15, -0.1) is 0 Å². The minimum atomic E-state index is -0.264. The van der Waals surface area contributed by atoms with Gasteiger partial charge in [0.2, 0.25) is 0 Å². The number of methoxy groups -OCH3 is 1. The summed E-state index contributed by atoms with van der Waals surface area (Å²) in [5, 5.41) is 0. The van der Waals surface area contributed by atoms with Crippen molar-refractivity contribution in [1.82, 2.24) is 4.90 Å². The lowest BCUT2D eigenvalue weighted by atomic mass is 9.62. The number of hydrogen-bond donors (Lipinski definition) is 0. The summed E-state index contributed by atoms with van der Waals surface area (Å²) in [6, 6.07) is 10.5. The van der Waals surface area contributed by atoms with Gasteiger partial charge in [0, 0.05) is 32.0 Å². The molecular formula is C20H29NO3. The molecule has 1 heterocycles. The second-order valence-electron chi connectivity index (χ2n) is 7.06. The number of nitrogens with zero attached hydrogens (tertiary/aromatic N) is 1. The molecule has 0 aromatic heterocycles. The van der Waals surface area contributed by atoms with Crippen LogP contribution in [0.25, 0.3) is 0 Å². The third kappa shape index (κ3) is 3.04. The van der Waals surface area contributed by atoms with E-state index in [1.165, 1.54) is 12.0 Å². The first-order chi connectivity index (χ1) is 11.7. The molecule has 3 atom stereocenters. The van der Waals surface area contributed by atoms with Gasteiger partial charge in [-0.3, -0.25) is 0 Å². The van der Waals surface area contributed by atoms with Crippen LogP contribution in [0.1, 0.15) is 44.6 Å². The average molecular weight is 331 g/mol. The number of hydrogen-bond acceptors (Lipinski definition) is 3. The maximum Gasteiger partial charge on any atom is 0.409 e. The number of carbonyl (C=O) groups is 1. The molecule has 0 N–H and O–H groups in total. The third-order valence-corrected chi connectivity index (χ3v) is 5.74. The second-order valence-corrected chi connectivity index (χ2v) is 7.06. The number of fused-ring (bicyclic) bond motifs is 2. The maximum absolute atomic E-state index is 12.4. The molecule has 4 heteroatoms. The average Bonchev–Trinajstić information content (AvgIpc) is 2.61. The molecule has 0 radical (unpaired) electrons. The molecule has 1 aliphatic heterocycles. The molecule has 4 nitrogen and oxygen atoms in total. The van der Waals surface area contributed by atoms with Crippen LogP contribution in [0.3, 0.4) is 0 Å². The molecule has 0 spiro atoms. The van der Waals surface area contributed by atoms with Crippen molar-refractivity contribution in [2.75, 3.05) is 26.8 Å². The van der Waals surface area contributed by atoms with E-state index in [0.29, 0.717) is 18.4 Å². The van der Waals surface area contributed by atoms with Crippen molar-refractivity contribution >= 4 is 6.09 Å². The Morgan fingerprint density at radius 3 is 2.46 bits per heavy atom. The second kappa shape index (κ2) is 7.56. The van der Waals surface area contributed by atoms with Crippen molar-refractivity contribution in [2.45, 2.75) is 44.6 Å². The molecule has 1 aromatic carbocycles. The number of rotatable bonds is 5. The Morgan fingerprint density at radius 2 is 1.88 bits per heavy atom. The monoisotopic (exact) mass is 331 g/mol. The number of unbranched alkanes of at least 4 members (excludes halogenated alkanes) is 1. The molecular weight excluding hydrogens is 302 g/mol. The van der Waals surface area contributed by atoms with Crippen LogP contribution in [0.4, 0.5) is 4.79 Å². The fourth-order valence-electron chi connectivity index (χ4n) is 4.60. The van der Waals surface area contributed by atoms with Crippen LogP contribution in [0.15, 0.2) is 30.3 Å². The molecule has 2 aliphatic rings. The summed E-state index contributed by atoms with van der Waals surface area (Å²) in [6.45, 7) is 4.08. The highest BCUT2D eigenvalue weighted by Gasteiger charge is 2.54. The molecule has 1 unspecified atom stereocenters. The van der Waals surface area contributed by atoms with Crippen LogP contribution in [-0.4, -0.2) is 37.8 Å². The normalized spacial score (nSPS) is 29.3. The third-order valence-electron chi connectivity index (χ3n) is 5.74. The summed E-state index contributed by atoms with van der Waals surface area (Å²) in [6.07, 6.45) is 5.22. The molecule has 1 amide bonds. The van der Waals surface area contributed by atoms with Crippen LogP contribution < -0.4 is 0 Å². The van der Waals surface area contributed by atoms with Gasteiger partial charge in [-0.05, 0) is 24.8 Å². The van der Waals surface area contributed by atoms with Gasteiger partial charge >= 0.3 is 6.09 Å². The summed E-state index contributed by atoms with van der Waals surface area (Å²) in [5.74, 6) is 0.659. The van der Waals surface area contributed by atoms with E-state index in [0.717, 1.165) is 38.8 Å². The first kappa shape index (κ1) is 17.3. The SMILES string of the molecule is CCCCOC(=O)N1C[C@H]2CCC[C@@H](C1)C2(OC)c1ccccc1. The van der Waals surface area contributed by atoms with E-state index in [9.17, 15) is 4.79 Å². The van der Waals surface area contributed by atoms with Gasteiger partial charge in [0.15, 0.2) is 0 Å². The molecule has 2 fully saturated rings. The van der Waals surface area contributed by atoms with Crippen LogP contribution in [0, 0.1) is 11.8 Å². The van der Waals surface area contributed by atoms with E-state index in [4.69, 9.17) is 9.47 Å². The van der Waals surface area contributed by atoms with Crippen molar-refractivity contribution in [3.63, 3.8) is 0 Å². The van der Waals surface area contributed by atoms with Crippen LogP contribution >= 0.6 is 0 Å². The fourth-order valence-corrected chi connectivity index (χ4v) is 4.60. The first-order valence-corrected chi connectivity index (χ1v) is 9.24. The predicted octanol–water partition coefficient (Wildman–Crippen LogP) is 4.20. The fraction of sp³-hybridized carbons (Fsp3) is 0.650. The quantitative estimate of drug-likeness (QED) is 0.759. The Kier molecular flexibility index (Phi) is 5.44. The van der Waals surface area contributed by atoms with Gasteiger partial charge in [0.05, 0.1) is 6.61 Å². The lowest BCUT2D eigenvalue weighted by molar-refractivity contribution is -0.164. The van der Waals surface area contributed by atoms with Gasteiger partial charge in [0.25, 0.3) is 0 Å². The Labute approximate surface area is 145 Å². The molecule has 3 rings (SSSR count). The van der Waals surface area contributed by atoms with Crippen molar-refractivity contribution in [2.24, 2.45) is 11.8 Å². The summed E-state index contributed by atoms with van der Waals surface area (Å²) in [4.78, 5) is 14.3. The first-order valence-electron chi connectivity index (χ1n) is 9.24. The van der Waals surface area contributed by atoms with E-state index >= 15 is 0 Å².